The van der Waals surface area contributed by atoms with Crippen LogP contribution in [0.4, 0.5) is 0 Å². The molecule has 1 aliphatic rings. The van der Waals surface area contributed by atoms with Crippen molar-refractivity contribution in [3.05, 3.63) is 59.1 Å². The molecule has 1 aliphatic heterocycles. The molecule has 3 rings (SSSR count). The number of para-hydroxylation sites is 2. The third-order valence-electron chi connectivity index (χ3n) is 5.51. The Balaban J connectivity index is 1.48. The fourth-order valence-corrected chi connectivity index (χ4v) is 3.73. The Bertz CT molecular complexity index is 1030. The number of carbonyl (C=O) groups excluding carboxylic acids is 1. The van der Waals surface area contributed by atoms with Gasteiger partial charge in [-0.15, -0.1) is 0 Å². The highest BCUT2D eigenvalue weighted by molar-refractivity contribution is 5.83. The van der Waals surface area contributed by atoms with Crippen LogP contribution in [0.5, 0.6) is 11.5 Å². The molecule has 0 amide bonds. The Labute approximate surface area is 191 Å². The number of methoxy groups -OCH3 is 1. The van der Waals surface area contributed by atoms with Gasteiger partial charge >= 0.3 is 0 Å². The smallest absolute Gasteiger partial charge is 0.161 e. The van der Waals surface area contributed by atoms with Crippen molar-refractivity contribution in [3.63, 3.8) is 0 Å². The first-order chi connectivity index (χ1) is 16.5. The van der Waals surface area contributed by atoms with Gasteiger partial charge in [-0.1, -0.05) is 30.3 Å². The molecule has 6 nitrogen and oxygen atoms in total. The first-order valence-electron chi connectivity index (χ1n) is 12.5. The molecule has 31 heavy (non-hydrogen) atoms. The zero-order valence-corrected chi connectivity index (χ0v) is 18.5. The van der Waals surface area contributed by atoms with Crippen molar-refractivity contribution in [1.82, 2.24) is 9.80 Å². The van der Waals surface area contributed by atoms with Crippen molar-refractivity contribution in [3.8, 4) is 11.5 Å². The quantitative estimate of drug-likeness (QED) is 0.625. The number of aliphatic hydroxyl groups is 1. The molecule has 0 bridgehead atoms. The molecule has 1 N–H and O–H groups in total. The molecule has 0 aliphatic carbocycles. The third-order valence-corrected chi connectivity index (χ3v) is 5.51. The van der Waals surface area contributed by atoms with Crippen LogP contribution in [0.3, 0.4) is 0 Å². The van der Waals surface area contributed by atoms with E-state index in [1.165, 1.54) is 7.11 Å². The standard InChI is InChI=1S/C25H34N2O4/c1-19-7-6-8-20(2)23(19)15-21(28)16-26-11-13-27(14-12-26)17-22(29)18-31-25-10-5-4-9-24(25)30-3/h4-10,22,29H,11-18H2,1-3H3/i6D,7D,8D,22D. The lowest BCUT2D eigenvalue weighted by Crippen LogP contribution is -2.50. The predicted molar refractivity (Wildman–Crippen MR) is 122 cm³/mol. The van der Waals surface area contributed by atoms with Gasteiger partial charge in [-0.05, 0) is 42.7 Å². The van der Waals surface area contributed by atoms with Gasteiger partial charge in [0.25, 0.3) is 0 Å². The Morgan fingerprint density at radius 2 is 1.74 bits per heavy atom. The number of ether oxygens (including phenoxy) is 2. The van der Waals surface area contributed by atoms with Gasteiger partial charge in [0.15, 0.2) is 17.3 Å². The van der Waals surface area contributed by atoms with Gasteiger partial charge < -0.3 is 14.6 Å². The summed E-state index contributed by atoms with van der Waals surface area (Å²) in [6, 6.07) is 7.01. The van der Waals surface area contributed by atoms with Crippen molar-refractivity contribution in [2.24, 2.45) is 0 Å². The zero-order valence-electron chi connectivity index (χ0n) is 22.5. The summed E-state index contributed by atoms with van der Waals surface area (Å²) in [5, 5.41) is 10.5. The average Bonchev–Trinajstić information content (AvgIpc) is 2.84. The number of nitrogens with zero attached hydrogens (tertiary/aromatic N) is 2. The van der Waals surface area contributed by atoms with Crippen LogP contribution in [0.1, 0.15) is 22.2 Å². The molecule has 1 fully saturated rings. The Morgan fingerprint density at radius 1 is 1.13 bits per heavy atom. The molecule has 2 aromatic carbocycles. The highest BCUT2D eigenvalue weighted by atomic mass is 16.5. The van der Waals surface area contributed by atoms with Crippen molar-refractivity contribution in [2.75, 3.05) is 53.0 Å². The number of piperazine rings is 1. The van der Waals surface area contributed by atoms with E-state index in [1.807, 2.05) is 15.9 Å². The van der Waals surface area contributed by atoms with Gasteiger partial charge in [0.05, 0.1) is 19.1 Å². The minimum Gasteiger partial charge on any atom is -0.493 e. The van der Waals surface area contributed by atoms with Crippen LogP contribution in [-0.2, 0) is 11.2 Å². The van der Waals surface area contributed by atoms with Crippen molar-refractivity contribution in [1.29, 1.82) is 0 Å². The van der Waals surface area contributed by atoms with E-state index in [4.69, 9.17) is 15.0 Å². The Morgan fingerprint density at radius 3 is 2.39 bits per heavy atom. The molecule has 1 atom stereocenters. The highest BCUT2D eigenvalue weighted by Crippen LogP contribution is 2.25. The van der Waals surface area contributed by atoms with E-state index in [1.54, 1.807) is 32.0 Å². The summed E-state index contributed by atoms with van der Waals surface area (Å²) in [5.74, 6) is 1.02. The maximum absolute atomic E-state index is 12.8. The van der Waals surface area contributed by atoms with Crippen LogP contribution in [0, 0.1) is 13.8 Å². The van der Waals surface area contributed by atoms with E-state index >= 15 is 0 Å². The lowest BCUT2D eigenvalue weighted by atomic mass is 9.98. The van der Waals surface area contributed by atoms with Crippen LogP contribution in [0.2, 0.25) is 0 Å². The average molecular weight is 431 g/mol. The van der Waals surface area contributed by atoms with E-state index in [9.17, 15) is 9.90 Å². The van der Waals surface area contributed by atoms with Gasteiger partial charge in [-0.2, -0.15) is 0 Å². The Kier molecular flexibility index (Phi) is 6.62. The number of benzene rings is 2. The highest BCUT2D eigenvalue weighted by Gasteiger charge is 2.21. The molecule has 0 aromatic heterocycles. The normalized spacial score (nSPS) is 19.0. The maximum Gasteiger partial charge on any atom is 0.161 e. The summed E-state index contributed by atoms with van der Waals surface area (Å²) in [4.78, 5) is 16.8. The minimum atomic E-state index is -1.79. The first-order valence-corrected chi connectivity index (χ1v) is 10.5. The lowest BCUT2D eigenvalue weighted by molar-refractivity contribution is -0.120. The SMILES string of the molecule is [2H]c1c([2H])c(C)c(CC(=O)CN2CCN(CC([2H])(O)COc3ccccc3OC)CC2)c(C)c1[2H]. The van der Waals surface area contributed by atoms with Crippen LogP contribution in [0.15, 0.2) is 42.4 Å². The summed E-state index contributed by atoms with van der Waals surface area (Å²) in [5.41, 5.74) is 1.85. The molecular weight excluding hydrogens is 392 g/mol. The molecule has 6 heteroatoms. The number of rotatable bonds is 10. The molecule has 0 saturated carbocycles. The second-order valence-corrected chi connectivity index (χ2v) is 7.88. The van der Waals surface area contributed by atoms with E-state index in [0.717, 1.165) is 0 Å². The number of hydrogen-bond acceptors (Lipinski definition) is 6. The minimum absolute atomic E-state index is 0.00313. The predicted octanol–water partition coefficient (Wildman–Crippen LogP) is 2.48. The molecule has 1 unspecified atom stereocenters. The summed E-state index contributed by atoms with van der Waals surface area (Å²) in [6.07, 6.45) is -1.65. The van der Waals surface area contributed by atoms with E-state index < -0.39 is 6.08 Å². The zero-order chi connectivity index (χ0) is 25.8. The summed E-state index contributed by atoms with van der Waals surface area (Å²) < 4.78 is 43.0. The van der Waals surface area contributed by atoms with E-state index in [0.29, 0.717) is 54.4 Å². The van der Waals surface area contributed by atoms with Gasteiger partial charge in [0, 0.05) is 39.1 Å². The topological polar surface area (TPSA) is 62.2 Å². The Hall–Kier alpha value is -2.41. The monoisotopic (exact) mass is 430 g/mol. The molecule has 1 saturated heterocycles. The fraction of sp³-hybridized carbons (Fsp3) is 0.480. The second kappa shape index (κ2) is 11.3. The third kappa shape index (κ3) is 6.79. The molecule has 2 aromatic rings. The molecule has 1 heterocycles. The molecule has 0 spiro atoms. The van der Waals surface area contributed by atoms with Gasteiger partial charge in [-0.3, -0.25) is 14.6 Å². The maximum atomic E-state index is 12.8. The lowest BCUT2D eigenvalue weighted by Gasteiger charge is -2.35. The van der Waals surface area contributed by atoms with Crippen molar-refractivity contribution in [2.45, 2.75) is 26.3 Å². The molecular formula is C25H34N2O4. The second-order valence-electron chi connectivity index (χ2n) is 7.88. The van der Waals surface area contributed by atoms with Crippen LogP contribution >= 0.6 is 0 Å². The molecule has 168 valence electrons. The van der Waals surface area contributed by atoms with E-state index in [2.05, 4.69) is 0 Å². The van der Waals surface area contributed by atoms with Crippen LogP contribution < -0.4 is 9.47 Å². The van der Waals surface area contributed by atoms with E-state index in [-0.39, 0.29) is 50.0 Å². The number of ketones is 1. The van der Waals surface area contributed by atoms with Crippen molar-refractivity contribution < 1.29 is 24.9 Å². The van der Waals surface area contributed by atoms with Crippen molar-refractivity contribution >= 4 is 5.78 Å². The molecule has 0 radical (unpaired) electrons. The van der Waals surface area contributed by atoms with Gasteiger partial charge in [-0.25, -0.2) is 0 Å². The fourth-order valence-electron chi connectivity index (χ4n) is 3.73. The summed E-state index contributed by atoms with van der Waals surface area (Å²) in [6.45, 7) is 6.14. The van der Waals surface area contributed by atoms with Gasteiger partial charge in [0.1, 0.15) is 12.7 Å². The summed E-state index contributed by atoms with van der Waals surface area (Å²) in [7, 11) is 1.54. The van der Waals surface area contributed by atoms with Crippen LogP contribution in [0.25, 0.3) is 0 Å². The number of β-amino-alcohol motifs (C(OH)–C–C–N with tert-alkyl or cyclic N) is 1. The van der Waals surface area contributed by atoms with Crippen LogP contribution in [-0.4, -0.2) is 79.8 Å². The number of hydrogen-bond donors (Lipinski definition) is 1. The van der Waals surface area contributed by atoms with Gasteiger partial charge in [0.2, 0.25) is 0 Å². The summed E-state index contributed by atoms with van der Waals surface area (Å²) >= 11 is 0. The number of carbonyl (C=O) groups is 1. The largest absolute Gasteiger partial charge is 0.493 e. The number of Topliss-reactive ketones (excluding diaryl/α,β-unsaturated/α-hetero) is 1. The first kappa shape index (κ1) is 18.2.